The number of nitrogens with zero attached hydrogens (tertiary/aromatic N) is 3. The van der Waals surface area contributed by atoms with Crippen LogP contribution in [0.4, 0.5) is 17.1 Å². The Morgan fingerprint density at radius 1 is 1.36 bits per heavy atom. The zero-order valence-corrected chi connectivity index (χ0v) is 12.4. The molecule has 126 valence electrons. The second kappa shape index (κ2) is 6.00. The van der Waals surface area contributed by atoms with Crippen LogP contribution in [0.15, 0.2) is 46.4 Å². The van der Waals surface area contributed by atoms with Crippen molar-refractivity contribution < 1.29 is 19.6 Å². The fourth-order valence-electron chi connectivity index (χ4n) is 2.41. The number of hydrogen-bond donors (Lipinski definition) is 2. The summed E-state index contributed by atoms with van der Waals surface area (Å²) in [5.74, 6) is -1.38. The molecule has 0 spiro atoms. The van der Waals surface area contributed by atoms with E-state index in [1.807, 2.05) is 0 Å². The Kier molecular flexibility index (Phi) is 3.85. The maximum atomic E-state index is 11.4. The van der Waals surface area contributed by atoms with Gasteiger partial charge in [0.15, 0.2) is 11.1 Å². The number of anilines is 1. The summed E-state index contributed by atoms with van der Waals surface area (Å²) in [6, 6.07) is 3.74. The van der Waals surface area contributed by atoms with E-state index in [1.54, 1.807) is 0 Å². The molecule has 10 nitrogen and oxygen atoms in total. The molecule has 1 aromatic carbocycles. The van der Waals surface area contributed by atoms with Crippen LogP contribution in [0.25, 0.3) is 5.69 Å². The van der Waals surface area contributed by atoms with Crippen LogP contribution in [-0.2, 0) is 9.59 Å². The molecule has 0 aliphatic carbocycles. The zero-order chi connectivity index (χ0) is 18.1. The van der Waals surface area contributed by atoms with E-state index in [2.05, 4.69) is 10.3 Å². The van der Waals surface area contributed by atoms with Gasteiger partial charge in [0.1, 0.15) is 18.0 Å². The van der Waals surface area contributed by atoms with Gasteiger partial charge in [-0.15, -0.1) is 0 Å². The molecule has 0 fully saturated rings. The van der Waals surface area contributed by atoms with Crippen LogP contribution < -0.4 is 10.7 Å². The van der Waals surface area contributed by atoms with Crippen molar-refractivity contribution in [1.29, 1.82) is 0 Å². The number of carboxylic acid groups (broad SMARTS) is 1. The molecule has 1 atom stereocenters. The highest BCUT2D eigenvalue weighted by Gasteiger charge is 2.30. The molecule has 1 aliphatic heterocycles. The quantitative estimate of drug-likeness (QED) is 0.477. The predicted molar refractivity (Wildman–Crippen MR) is 86.9 cm³/mol. The smallest absolute Gasteiger partial charge is 0.352 e. The van der Waals surface area contributed by atoms with Gasteiger partial charge in [0, 0.05) is 30.6 Å². The lowest BCUT2D eigenvalue weighted by Crippen LogP contribution is -2.38. The third kappa shape index (κ3) is 2.87. The SMILES string of the molecule is O=CC1Nc2cc([N+](=O)[O-])c(-n3ccc(=O)cc3)cc2N=C1C(=O)O. The van der Waals surface area contributed by atoms with Gasteiger partial charge >= 0.3 is 5.97 Å². The number of rotatable bonds is 4. The second-order valence-corrected chi connectivity index (χ2v) is 5.12. The molecule has 0 radical (unpaired) electrons. The fourth-order valence-corrected chi connectivity index (χ4v) is 2.41. The minimum atomic E-state index is -1.38. The Morgan fingerprint density at radius 3 is 2.60 bits per heavy atom. The van der Waals surface area contributed by atoms with Crippen molar-refractivity contribution in [2.24, 2.45) is 4.99 Å². The maximum Gasteiger partial charge on any atom is 0.352 e. The van der Waals surface area contributed by atoms with Gasteiger partial charge in [0.05, 0.1) is 16.3 Å². The molecule has 0 saturated carbocycles. The summed E-state index contributed by atoms with van der Waals surface area (Å²) in [6.45, 7) is 0. The van der Waals surface area contributed by atoms with Gasteiger partial charge in [0.25, 0.3) is 5.69 Å². The molecule has 1 unspecified atom stereocenters. The molecule has 3 rings (SSSR count). The topological polar surface area (TPSA) is 144 Å². The van der Waals surface area contributed by atoms with E-state index < -0.39 is 22.6 Å². The molecular formula is C15H10N4O6. The Morgan fingerprint density at radius 2 is 2.04 bits per heavy atom. The lowest BCUT2D eigenvalue weighted by atomic mass is 10.1. The van der Waals surface area contributed by atoms with Crippen LogP contribution in [0.1, 0.15) is 0 Å². The van der Waals surface area contributed by atoms with Gasteiger partial charge in [-0.2, -0.15) is 0 Å². The molecule has 2 heterocycles. The number of pyridine rings is 1. The monoisotopic (exact) mass is 342 g/mol. The minimum Gasteiger partial charge on any atom is -0.477 e. The van der Waals surface area contributed by atoms with Crippen LogP contribution in [-0.4, -0.2) is 38.6 Å². The number of aldehydes is 1. The highest BCUT2D eigenvalue weighted by Crippen LogP contribution is 2.37. The van der Waals surface area contributed by atoms with Crippen molar-refractivity contribution in [3.05, 3.63) is 57.0 Å². The number of benzene rings is 1. The Bertz CT molecular complexity index is 974. The van der Waals surface area contributed by atoms with Crippen molar-refractivity contribution >= 4 is 35.0 Å². The minimum absolute atomic E-state index is 0.101. The van der Waals surface area contributed by atoms with Gasteiger partial charge in [0.2, 0.25) is 0 Å². The zero-order valence-electron chi connectivity index (χ0n) is 12.4. The third-order valence-corrected chi connectivity index (χ3v) is 3.57. The Hall–Kier alpha value is -3.82. The number of nitro groups is 1. The van der Waals surface area contributed by atoms with E-state index in [-0.39, 0.29) is 28.2 Å². The van der Waals surface area contributed by atoms with E-state index >= 15 is 0 Å². The van der Waals surface area contributed by atoms with Crippen molar-refractivity contribution in [2.45, 2.75) is 6.04 Å². The third-order valence-electron chi connectivity index (χ3n) is 3.57. The summed E-state index contributed by atoms with van der Waals surface area (Å²) in [6.07, 6.45) is 3.06. The number of nitro benzene ring substituents is 1. The van der Waals surface area contributed by atoms with Crippen molar-refractivity contribution in [1.82, 2.24) is 4.57 Å². The van der Waals surface area contributed by atoms with Crippen molar-refractivity contribution in [3.8, 4) is 5.69 Å². The number of nitrogens with one attached hydrogen (secondary N) is 1. The van der Waals surface area contributed by atoms with Gasteiger partial charge in [-0.05, 0) is 6.07 Å². The lowest BCUT2D eigenvalue weighted by Gasteiger charge is -2.21. The van der Waals surface area contributed by atoms with E-state index in [0.29, 0.717) is 6.29 Å². The van der Waals surface area contributed by atoms with Crippen LogP contribution in [0, 0.1) is 10.1 Å². The number of carbonyl (C=O) groups excluding carboxylic acids is 1. The first-order chi connectivity index (χ1) is 11.9. The molecule has 0 amide bonds. The van der Waals surface area contributed by atoms with Gasteiger partial charge < -0.3 is 19.8 Å². The second-order valence-electron chi connectivity index (χ2n) is 5.12. The summed E-state index contributed by atoms with van der Waals surface area (Å²) in [5, 5.41) is 23.1. The Balaban J connectivity index is 2.23. The van der Waals surface area contributed by atoms with Crippen LogP contribution in [0.2, 0.25) is 0 Å². The number of fused-ring (bicyclic) bond motifs is 1. The number of hydrogen-bond acceptors (Lipinski definition) is 7. The van der Waals surface area contributed by atoms with Crippen molar-refractivity contribution in [2.75, 3.05) is 5.32 Å². The van der Waals surface area contributed by atoms with E-state index in [1.165, 1.54) is 41.2 Å². The fraction of sp³-hybridized carbons (Fsp3) is 0.0667. The Labute approximate surface area is 139 Å². The summed E-state index contributed by atoms with van der Waals surface area (Å²) < 4.78 is 1.35. The number of aliphatic imine (C=N–C) groups is 1. The number of carbonyl (C=O) groups is 2. The average Bonchev–Trinajstić information content (AvgIpc) is 2.59. The first-order valence-corrected chi connectivity index (χ1v) is 6.95. The van der Waals surface area contributed by atoms with Gasteiger partial charge in [-0.25, -0.2) is 9.79 Å². The summed E-state index contributed by atoms with van der Waals surface area (Å²) in [4.78, 5) is 48.2. The number of carboxylic acids is 1. The highest BCUT2D eigenvalue weighted by atomic mass is 16.6. The van der Waals surface area contributed by atoms with E-state index in [9.17, 15) is 24.5 Å². The summed E-state index contributed by atoms with van der Waals surface area (Å²) in [5.41, 5.74) is -0.578. The molecule has 1 aliphatic rings. The first kappa shape index (κ1) is 16.1. The normalized spacial score (nSPS) is 15.5. The molecule has 0 bridgehead atoms. The van der Waals surface area contributed by atoms with Crippen molar-refractivity contribution in [3.63, 3.8) is 0 Å². The predicted octanol–water partition coefficient (Wildman–Crippen LogP) is 0.896. The molecule has 2 N–H and O–H groups in total. The number of aromatic nitrogens is 1. The first-order valence-electron chi connectivity index (χ1n) is 6.95. The van der Waals surface area contributed by atoms with Gasteiger partial charge in [-0.3, -0.25) is 14.9 Å². The van der Waals surface area contributed by atoms with Crippen LogP contribution in [0.3, 0.4) is 0 Å². The average molecular weight is 342 g/mol. The van der Waals surface area contributed by atoms with Crippen LogP contribution >= 0.6 is 0 Å². The standard InChI is InChI=1S/C15H10N4O6/c20-7-11-14(15(22)23)17-10-5-12(18-3-1-8(21)2-4-18)13(19(24)25)6-9(10)16-11/h1-7,11,16H,(H,22,23). The van der Waals surface area contributed by atoms with Crippen LogP contribution in [0.5, 0.6) is 0 Å². The molecule has 1 aromatic heterocycles. The van der Waals surface area contributed by atoms with Gasteiger partial charge in [-0.1, -0.05) is 0 Å². The largest absolute Gasteiger partial charge is 0.477 e. The summed E-state index contributed by atoms with van der Waals surface area (Å²) >= 11 is 0. The van der Waals surface area contributed by atoms with E-state index in [0.717, 1.165) is 0 Å². The lowest BCUT2D eigenvalue weighted by molar-refractivity contribution is -0.384. The molecule has 25 heavy (non-hydrogen) atoms. The molecule has 2 aromatic rings. The summed E-state index contributed by atoms with van der Waals surface area (Å²) in [7, 11) is 0. The maximum absolute atomic E-state index is 11.4. The molecule has 10 heteroatoms. The molecule has 0 saturated heterocycles. The highest BCUT2D eigenvalue weighted by molar-refractivity contribution is 6.42. The molecular weight excluding hydrogens is 332 g/mol. The van der Waals surface area contributed by atoms with E-state index in [4.69, 9.17) is 5.11 Å². The number of aliphatic carboxylic acids is 1.